The van der Waals surface area contributed by atoms with Gasteiger partial charge in [0.1, 0.15) is 0 Å². The van der Waals surface area contributed by atoms with E-state index in [1.165, 1.54) is 7.11 Å². The van der Waals surface area contributed by atoms with Gasteiger partial charge in [-0.05, 0) is 31.4 Å². The largest absolute Gasteiger partial charge is 0.466 e. The number of benzene rings is 1. The molecule has 3 rings (SSSR count). The molecule has 5 nitrogen and oxygen atoms in total. The van der Waals surface area contributed by atoms with E-state index >= 15 is 0 Å². The van der Waals surface area contributed by atoms with Gasteiger partial charge in [-0.2, -0.15) is 0 Å². The van der Waals surface area contributed by atoms with E-state index < -0.39 is 12.0 Å². The summed E-state index contributed by atoms with van der Waals surface area (Å²) in [6, 6.07) is 7.07. The van der Waals surface area contributed by atoms with E-state index in [2.05, 4.69) is 21.2 Å². The Balaban J connectivity index is 2.11. The second-order valence-corrected chi connectivity index (χ2v) is 6.35. The van der Waals surface area contributed by atoms with E-state index in [4.69, 9.17) is 4.74 Å². The minimum absolute atomic E-state index is 0.159. The zero-order valence-electron chi connectivity index (χ0n) is 12.4. The van der Waals surface area contributed by atoms with Gasteiger partial charge in [-0.3, -0.25) is 4.90 Å². The number of methoxy groups -OCH3 is 1. The third-order valence-electron chi connectivity index (χ3n) is 4.06. The molecule has 2 aliphatic rings. The second kappa shape index (κ2) is 5.76. The van der Waals surface area contributed by atoms with Gasteiger partial charge in [0.2, 0.25) is 0 Å². The Bertz CT molecular complexity index is 667. The van der Waals surface area contributed by atoms with Crippen LogP contribution in [0.15, 0.2) is 40.0 Å². The number of urea groups is 1. The number of ether oxygens (including phenoxy) is 1. The quantitative estimate of drug-likeness (QED) is 0.838. The molecular formula is C16H17BrN2O3. The number of hydrogen-bond acceptors (Lipinski definition) is 3. The lowest BCUT2D eigenvalue weighted by atomic mass is 9.95. The number of allylic oxidation sites excluding steroid dienone is 1. The van der Waals surface area contributed by atoms with Gasteiger partial charge in [-0.25, -0.2) is 9.59 Å². The molecule has 1 saturated carbocycles. The zero-order chi connectivity index (χ0) is 15.9. The minimum Gasteiger partial charge on any atom is -0.466 e. The molecule has 1 N–H and O–H groups in total. The van der Waals surface area contributed by atoms with Gasteiger partial charge in [0.05, 0.1) is 18.7 Å². The predicted molar refractivity (Wildman–Crippen MR) is 85.0 cm³/mol. The maximum Gasteiger partial charge on any atom is 0.337 e. The Morgan fingerprint density at radius 2 is 2.05 bits per heavy atom. The highest BCUT2D eigenvalue weighted by Crippen LogP contribution is 2.39. The summed E-state index contributed by atoms with van der Waals surface area (Å²) >= 11 is 3.49. The monoisotopic (exact) mass is 364 g/mol. The van der Waals surface area contributed by atoms with Crippen LogP contribution in [0.3, 0.4) is 0 Å². The number of carbonyl (C=O) groups is 2. The van der Waals surface area contributed by atoms with Crippen LogP contribution < -0.4 is 5.32 Å². The van der Waals surface area contributed by atoms with E-state index in [9.17, 15) is 9.59 Å². The van der Waals surface area contributed by atoms with Crippen LogP contribution in [0.5, 0.6) is 0 Å². The summed E-state index contributed by atoms with van der Waals surface area (Å²) in [4.78, 5) is 26.4. The molecule has 1 fully saturated rings. The first-order valence-corrected chi connectivity index (χ1v) is 7.97. The van der Waals surface area contributed by atoms with Crippen LogP contribution in [0.2, 0.25) is 0 Å². The molecule has 22 heavy (non-hydrogen) atoms. The van der Waals surface area contributed by atoms with Crippen molar-refractivity contribution in [2.45, 2.75) is 31.8 Å². The van der Waals surface area contributed by atoms with Crippen molar-refractivity contribution >= 4 is 27.9 Å². The molecular weight excluding hydrogens is 348 g/mol. The summed E-state index contributed by atoms with van der Waals surface area (Å²) in [5.41, 5.74) is 2.01. The van der Waals surface area contributed by atoms with Gasteiger partial charge < -0.3 is 10.1 Å². The SMILES string of the molecule is COC(=O)C1=C(C)N(C2CC2)C(=O)N[C@H]1c1ccccc1Br. The number of halogens is 1. The molecule has 0 aromatic heterocycles. The molecule has 1 aliphatic carbocycles. The third kappa shape index (κ3) is 2.52. The molecule has 0 radical (unpaired) electrons. The molecule has 1 aromatic rings. The molecule has 0 saturated heterocycles. The molecule has 1 heterocycles. The van der Waals surface area contributed by atoms with Crippen molar-refractivity contribution in [1.29, 1.82) is 0 Å². The Hall–Kier alpha value is -1.82. The van der Waals surface area contributed by atoms with Crippen molar-refractivity contribution in [3.05, 3.63) is 45.6 Å². The van der Waals surface area contributed by atoms with E-state index in [0.717, 1.165) is 22.9 Å². The average molecular weight is 365 g/mol. The number of nitrogens with zero attached hydrogens (tertiary/aromatic N) is 1. The summed E-state index contributed by atoms with van der Waals surface area (Å²) < 4.78 is 5.79. The van der Waals surface area contributed by atoms with E-state index in [-0.39, 0.29) is 12.1 Å². The third-order valence-corrected chi connectivity index (χ3v) is 4.78. The summed E-state index contributed by atoms with van der Waals surface area (Å²) in [6.45, 7) is 1.81. The zero-order valence-corrected chi connectivity index (χ0v) is 14.0. The molecule has 0 bridgehead atoms. The first-order valence-electron chi connectivity index (χ1n) is 7.17. The maximum atomic E-state index is 12.5. The molecule has 6 heteroatoms. The average Bonchev–Trinajstić information content (AvgIpc) is 3.31. The van der Waals surface area contributed by atoms with Crippen LogP contribution in [0.25, 0.3) is 0 Å². The van der Waals surface area contributed by atoms with Gasteiger partial charge >= 0.3 is 12.0 Å². The number of esters is 1. The van der Waals surface area contributed by atoms with Gasteiger partial charge in [-0.1, -0.05) is 34.1 Å². The Morgan fingerprint density at radius 1 is 1.36 bits per heavy atom. The standard InChI is InChI=1S/C16H17BrN2O3/c1-9-13(15(20)22-2)14(11-5-3-4-6-12(11)17)18-16(21)19(9)10-7-8-10/h3-6,10,14H,7-8H2,1-2H3,(H,18,21)/t14-/m0/s1. The first-order chi connectivity index (χ1) is 10.5. The lowest BCUT2D eigenvalue weighted by Gasteiger charge is -2.35. The Kier molecular flexibility index (Phi) is 3.95. The maximum absolute atomic E-state index is 12.5. The molecule has 2 amide bonds. The van der Waals surface area contributed by atoms with Gasteiger partial charge in [0.15, 0.2) is 0 Å². The summed E-state index contributed by atoms with van der Waals surface area (Å²) in [7, 11) is 1.36. The summed E-state index contributed by atoms with van der Waals surface area (Å²) in [5, 5.41) is 2.94. The highest BCUT2D eigenvalue weighted by Gasteiger charge is 2.42. The highest BCUT2D eigenvalue weighted by molar-refractivity contribution is 9.10. The van der Waals surface area contributed by atoms with Crippen molar-refractivity contribution in [3.8, 4) is 0 Å². The fraction of sp³-hybridized carbons (Fsp3) is 0.375. The fourth-order valence-corrected chi connectivity index (χ4v) is 3.36. The molecule has 1 aromatic carbocycles. The topological polar surface area (TPSA) is 58.6 Å². The number of carbonyl (C=O) groups excluding carboxylic acids is 2. The minimum atomic E-state index is -0.509. The van der Waals surface area contributed by atoms with Gasteiger partial charge in [-0.15, -0.1) is 0 Å². The van der Waals surface area contributed by atoms with E-state index in [1.807, 2.05) is 31.2 Å². The smallest absolute Gasteiger partial charge is 0.337 e. The van der Waals surface area contributed by atoms with Crippen LogP contribution in [0, 0.1) is 0 Å². The molecule has 0 spiro atoms. The fourth-order valence-electron chi connectivity index (χ4n) is 2.85. The predicted octanol–water partition coefficient (Wildman–Crippen LogP) is 3.12. The number of rotatable bonds is 3. The van der Waals surface area contributed by atoms with Crippen molar-refractivity contribution in [2.24, 2.45) is 0 Å². The van der Waals surface area contributed by atoms with Crippen molar-refractivity contribution in [3.63, 3.8) is 0 Å². The van der Waals surface area contributed by atoms with Crippen LogP contribution in [-0.2, 0) is 9.53 Å². The van der Waals surface area contributed by atoms with E-state index in [1.54, 1.807) is 4.90 Å². The Labute approximate surface area is 137 Å². The lowest BCUT2D eigenvalue weighted by Crippen LogP contribution is -2.48. The van der Waals surface area contributed by atoms with Crippen molar-refractivity contribution in [2.75, 3.05) is 7.11 Å². The van der Waals surface area contributed by atoms with Crippen LogP contribution in [0.4, 0.5) is 4.79 Å². The van der Waals surface area contributed by atoms with Crippen LogP contribution >= 0.6 is 15.9 Å². The molecule has 116 valence electrons. The first kappa shape index (κ1) is 15.1. The normalized spacial score (nSPS) is 21.7. The van der Waals surface area contributed by atoms with Gasteiger partial charge in [0, 0.05) is 16.2 Å². The van der Waals surface area contributed by atoms with E-state index in [0.29, 0.717) is 11.3 Å². The molecule has 1 aliphatic heterocycles. The molecule has 1 atom stereocenters. The highest BCUT2D eigenvalue weighted by atomic mass is 79.9. The summed E-state index contributed by atoms with van der Waals surface area (Å²) in [5.74, 6) is -0.413. The number of hydrogen-bond donors (Lipinski definition) is 1. The summed E-state index contributed by atoms with van der Waals surface area (Å²) in [6.07, 6.45) is 1.94. The second-order valence-electron chi connectivity index (χ2n) is 5.50. The van der Waals surface area contributed by atoms with Crippen molar-refractivity contribution < 1.29 is 14.3 Å². The number of amides is 2. The lowest BCUT2D eigenvalue weighted by molar-refractivity contribution is -0.136. The Morgan fingerprint density at radius 3 is 2.64 bits per heavy atom. The number of nitrogens with one attached hydrogen (secondary N) is 1. The van der Waals surface area contributed by atoms with Crippen LogP contribution in [0.1, 0.15) is 31.4 Å². The van der Waals surface area contributed by atoms with Crippen LogP contribution in [-0.4, -0.2) is 30.1 Å². The molecule has 0 unspecified atom stereocenters. The van der Waals surface area contributed by atoms with Crippen molar-refractivity contribution in [1.82, 2.24) is 10.2 Å². The van der Waals surface area contributed by atoms with Gasteiger partial charge in [0.25, 0.3) is 0 Å².